The second kappa shape index (κ2) is 7.15. The molecule has 0 N–H and O–H groups in total. The molecule has 120 valence electrons. The van der Waals surface area contributed by atoms with Crippen molar-refractivity contribution in [3.63, 3.8) is 0 Å². The van der Waals surface area contributed by atoms with Crippen LogP contribution in [0.5, 0.6) is 5.75 Å². The van der Waals surface area contributed by atoms with Crippen LogP contribution in [0.3, 0.4) is 0 Å². The maximum Gasteiger partial charge on any atom is 0.195 e. The van der Waals surface area contributed by atoms with Gasteiger partial charge in [0.25, 0.3) is 0 Å². The second-order valence-corrected chi connectivity index (χ2v) is 5.90. The molecule has 0 aliphatic carbocycles. The van der Waals surface area contributed by atoms with E-state index in [-0.39, 0.29) is 12.2 Å². The first-order chi connectivity index (χ1) is 11.7. The summed E-state index contributed by atoms with van der Waals surface area (Å²) >= 11 is 1.19. The van der Waals surface area contributed by atoms with Gasteiger partial charge in [0, 0.05) is 11.9 Å². The molecule has 0 saturated carbocycles. The molecule has 0 fully saturated rings. The quantitative estimate of drug-likeness (QED) is 0.711. The highest BCUT2D eigenvalue weighted by molar-refractivity contribution is 7.99. The molecule has 0 saturated heterocycles. The van der Waals surface area contributed by atoms with Crippen molar-refractivity contribution >= 4 is 11.8 Å². The fourth-order valence-electron chi connectivity index (χ4n) is 2.02. The Morgan fingerprint density at radius 1 is 1.17 bits per heavy atom. The Bertz CT molecular complexity index is 889. The molecule has 0 unspecified atom stereocenters. The van der Waals surface area contributed by atoms with Gasteiger partial charge in [-0.15, -0.1) is 10.2 Å². The van der Waals surface area contributed by atoms with Crippen LogP contribution in [0.4, 0.5) is 4.39 Å². The van der Waals surface area contributed by atoms with Gasteiger partial charge in [-0.1, -0.05) is 24.3 Å². The number of hydrogen-bond acceptors (Lipinski definition) is 5. The summed E-state index contributed by atoms with van der Waals surface area (Å²) in [4.78, 5) is 0.503. The molecule has 1 heterocycles. The van der Waals surface area contributed by atoms with Gasteiger partial charge in [-0.2, -0.15) is 5.26 Å². The minimum atomic E-state index is -0.544. The van der Waals surface area contributed by atoms with E-state index >= 15 is 0 Å². The topological polar surface area (TPSA) is 63.7 Å². The first kappa shape index (κ1) is 16.0. The van der Waals surface area contributed by atoms with Crippen LogP contribution in [0.25, 0.3) is 0 Å². The van der Waals surface area contributed by atoms with Gasteiger partial charge < -0.3 is 9.30 Å². The molecule has 5 nitrogen and oxygen atoms in total. The highest BCUT2D eigenvalue weighted by Crippen LogP contribution is 2.30. The maximum atomic E-state index is 13.7. The summed E-state index contributed by atoms with van der Waals surface area (Å²) in [6.07, 6.45) is 0. The number of para-hydroxylation sites is 1. The largest absolute Gasteiger partial charge is 0.486 e. The minimum Gasteiger partial charge on any atom is -0.486 e. The standard InChI is InChI=1S/C17H13FN4OS/c1-22-16(11-23-12-6-3-2-4-7-12)20-21-17(22)24-15-9-5-8-14(18)13(15)10-19/h2-9H,11H2,1H3. The van der Waals surface area contributed by atoms with Crippen molar-refractivity contribution in [1.82, 2.24) is 14.8 Å². The predicted molar refractivity (Wildman–Crippen MR) is 87.0 cm³/mol. The van der Waals surface area contributed by atoms with Crippen LogP contribution >= 0.6 is 11.8 Å². The second-order valence-electron chi connectivity index (χ2n) is 4.89. The maximum absolute atomic E-state index is 13.7. The number of ether oxygens (including phenoxy) is 1. The van der Waals surface area contributed by atoms with Gasteiger partial charge in [0.05, 0.1) is 0 Å². The van der Waals surface area contributed by atoms with Crippen molar-refractivity contribution in [3.05, 3.63) is 65.7 Å². The highest BCUT2D eigenvalue weighted by Gasteiger charge is 2.15. The van der Waals surface area contributed by atoms with E-state index in [0.717, 1.165) is 5.75 Å². The van der Waals surface area contributed by atoms with Crippen molar-refractivity contribution in [2.75, 3.05) is 0 Å². The molecular formula is C17H13FN4OS. The lowest BCUT2D eigenvalue weighted by molar-refractivity contribution is 0.290. The van der Waals surface area contributed by atoms with E-state index < -0.39 is 5.82 Å². The Morgan fingerprint density at radius 2 is 1.96 bits per heavy atom. The van der Waals surface area contributed by atoms with Gasteiger partial charge >= 0.3 is 0 Å². The molecule has 24 heavy (non-hydrogen) atoms. The Morgan fingerprint density at radius 3 is 2.71 bits per heavy atom. The van der Waals surface area contributed by atoms with Crippen molar-refractivity contribution in [3.8, 4) is 11.8 Å². The predicted octanol–water partition coefficient (Wildman–Crippen LogP) is 3.56. The molecule has 0 amide bonds. The summed E-state index contributed by atoms with van der Waals surface area (Å²) < 4.78 is 21.1. The van der Waals surface area contributed by atoms with Gasteiger partial charge in [0.15, 0.2) is 11.0 Å². The lowest BCUT2D eigenvalue weighted by atomic mass is 10.2. The lowest BCUT2D eigenvalue weighted by Gasteiger charge is -2.07. The van der Waals surface area contributed by atoms with Gasteiger partial charge in [-0.25, -0.2) is 4.39 Å². The van der Waals surface area contributed by atoms with E-state index in [1.54, 1.807) is 23.7 Å². The van der Waals surface area contributed by atoms with E-state index in [9.17, 15) is 4.39 Å². The molecule has 0 spiro atoms. The Labute approximate surface area is 142 Å². The molecule has 0 bridgehead atoms. The van der Waals surface area contributed by atoms with Crippen LogP contribution in [0.15, 0.2) is 58.6 Å². The van der Waals surface area contributed by atoms with Crippen molar-refractivity contribution in [1.29, 1.82) is 5.26 Å². The smallest absolute Gasteiger partial charge is 0.195 e. The summed E-state index contributed by atoms with van der Waals surface area (Å²) in [5, 5.41) is 17.8. The van der Waals surface area contributed by atoms with Crippen molar-refractivity contribution in [2.24, 2.45) is 7.05 Å². The summed E-state index contributed by atoms with van der Waals surface area (Å²) in [7, 11) is 1.80. The van der Waals surface area contributed by atoms with E-state index in [2.05, 4.69) is 10.2 Å². The average Bonchev–Trinajstić information content (AvgIpc) is 2.94. The number of nitrogens with zero attached hydrogens (tertiary/aromatic N) is 4. The molecule has 0 aliphatic rings. The van der Waals surface area contributed by atoms with E-state index in [1.807, 2.05) is 36.4 Å². The monoisotopic (exact) mass is 340 g/mol. The van der Waals surface area contributed by atoms with Crippen LogP contribution in [-0.4, -0.2) is 14.8 Å². The van der Waals surface area contributed by atoms with E-state index in [1.165, 1.54) is 17.8 Å². The average molecular weight is 340 g/mol. The zero-order valence-corrected chi connectivity index (χ0v) is 13.6. The summed E-state index contributed by atoms with van der Waals surface area (Å²) in [5.74, 6) is 0.833. The molecule has 0 aliphatic heterocycles. The molecule has 0 radical (unpaired) electrons. The summed E-state index contributed by atoms with van der Waals surface area (Å²) in [6.45, 7) is 0.266. The van der Waals surface area contributed by atoms with E-state index in [4.69, 9.17) is 10.00 Å². The third-order valence-corrected chi connectivity index (χ3v) is 4.42. The third kappa shape index (κ3) is 3.39. The number of nitriles is 1. The van der Waals surface area contributed by atoms with Crippen molar-refractivity contribution in [2.45, 2.75) is 16.7 Å². The highest BCUT2D eigenvalue weighted by atomic mass is 32.2. The van der Waals surface area contributed by atoms with Crippen LogP contribution in [-0.2, 0) is 13.7 Å². The molecular weight excluding hydrogens is 327 g/mol. The number of benzene rings is 2. The SMILES string of the molecule is Cn1c(COc2ccccc2)nnc1Sc1cccc(F)c1C#N. The third-order valence-electron chi connectivity index (χ3n) is 3.32. The molecule has 0 atom stereocenters. The van der Waals surface area contributed by atoms with Crippen LogP contribution in [0, 0.1) is 17.1 Å². The van der Waals surface area contributed by atoms with Crippen LogP contribution < -0.4 is 4.74 Å². The molecule has 3 rings (SSSR count). The Hall–Kier alpha value is -2.85. The summed E-state index contributed by atoms with van der Waals surface area (Å²) in [6, 6.07) is 15.8. The fraction of sp³-hybridized carbons (Fsp3) is 0.118. The van der Waals surface area contributed by atoms with Gasteiger partial charge in [0.2, 0.25) is 0 Å². The number of aromatic nitrogens is 3. The number of halogens is 1. The first-order valence-corrected chi connectivity index (χ1v) is 7.93. The van der Waals surface area contributed by atoms with E-state index in [0.29, 0.717) is 15.9 Å². The van der Waals surface area contributed by atoms with Crippen LogP contribution in [0.1, 0.15) is 11.4 Å². The fourth-order valence-corrected chi connectivity index (χ4v) is 2.93. The minimum absolute atomic E-state index is 0.00702. The number of rotatable bonds is 5. The van der Waals surface area contributed by atoms with Gasteiger partial charge in [0.1, 0.15) is 29.8 Å². The normalized spacial score (nSPS) is 10.4. The zero-order chi connectivity index (χ0) is 16.9. The molecule has 3 aromatic rings. The lowest BCUT2D eigenvalue weighted by Crippen LogP contribution is -2.04. The Balaban J connectivity index is 1.76. The molecule has 1 aromatic heterocycles. The van der Waals surface area contributed by atoms with Crippen LogP contribution in [0.2, 0.25) is 0 Å². The van der Waals surface area contributed by atoms with Gasteiger partial charge in [-0.05, 0) is 36.0 Å². The van der Waals surface area contributed by atoms with Gasteiger partial charge in [-0.3, -0.25) is 0 Å². The van der Waals surface area contributed by atoms with Crippen molar-refractivity contribution < 1.29 is 9.13 Å². The zero-order valence-electron chi connectivity index (χ0n) is 12.8. The Kier molecular flexibility index (Phi) is 4.77. The summed E-state index contributed by atoms with van der Waals surface area (Å²) in [5.41, 5.74) is 0.00702. The molecule has 7 heteroatoms. The first-order valence-electron chi connectivity index (χ1n) is 7.11. The molecule has 2 aromatic carbocycles. The number of hydrogen-bond donors (Lipinski definition) is 0.